The average Bonchev–Trinajstić information content (AvgIpc) is 2.40. The van der Waals surface area contributed by atoms with E-state index in [9.17, 15) is 8.42 Å². The van der Waals surface area contributed by atoms with Gasteiger partial charge in [-0.15, -0.1) is 12.4 Å². The number of hydrogen-bond donors (Lipinski definition) is 2. The Morgan fingerprint density at radius 1 is 1.38 bits per heavy atom. The zero-order chi connectivity index (χ0) is 14.8. The van der Waals surface area contributed by atoms with E-state index in [2.05, 4.69) is 17.0 Å². The Kier molecular flexibility index (Phi) is 6.46. The Labute approximate surface area is 132 Å². The molecule has 1 aliphatic rings. The summed E-state index contributed by atoms with van der Waals surface area (Å²) < 4.78 is 32.9. The van der Waals surface area contributed by atoms with Crippen molar-refractivity contribution < 1.29 is 13.2 Å². The fourth-order valence-electron chi connectivity index (χ4n) is 2.50. The second-order valence-electron chi connectivity index (χ2n) is 5.33. The number of piperidine rings is 1. The second-order valence-corrected chi connectivity index (χ2v) is 7.01. The highest BCUT2D eigenvalue weighted by molar-refractivity contribution is 7.89. The molecule has 5 nitrogen and oxygen atoms in total. The summed E-state index contributed by atoms with van der Waals surface area (Å²) in [6.07, 6.45) is 0.815. The highest BCUT2D eigenvalue weighted by atomic mass is 35.5. The molecule has 2 atom stereocenters. The molecule has 2 rings (SSSR count). The molecule has 2 N–H and O–H groups in total. The molecule has 0 radical (unpaired) electrons. The number of sulfonamides is 1. The minimum Gasteiger partial charge on any atom is -0.497 e. The number of rotatable bonds is 4. The Balaban J connectivity index is 0.00000220. The molecule has 0 amide bonds. The van der Waals surface area contributed by atoms with E-state index >= 15 is 0 Å². The number of aryl methyl sites for hydroxylation is 1. The van der Waals surface area contributed by atoms with Gasteiger partial charge in [-0.3, -0.25) is 0 Å². The predicted octanol–water partition coefficient (Wildman–Crippen LogP) is 1.70. The molecule has 7 heteroatoms. The van der Waals surface area contributed by atoms with Crippen LogP contribution in [-0.2, 0) is 10.0 Å². The minimum atomic E-state index is -3.48. The van der Waals surface area contributed by atoms with Crippen LogP contribution in [0.1, 0.15) is 18.9 Å². The number of halogens is 1. The van der Waals surface area contributed by atoms with Crippen LogP contribution in [0, 0.1) is 12.8 Å². The Bertz CT molecular complexity index is 578. The van der Waals surface area contributed by atoms with E-state index < -0.39 is 10.0 Å². The Morgan fingerprint density at radius 3 is 2.67 bits per heavy atom. The predicted molar refractivity (Wildman–Crippen MR) is 85.7 cm³/mol. The molecule has 0 spiro atoms. The first-order valence-corrected chi connectivity index (χ1v) is 8.30. The van der Waals surface area contributed by atoms with E-state index in [1.807, 2.05) is 0 Å². The van der Waals surface area contributed by atoms with Gasteiger partial charge in [-0.1, -0.05) is 6.92 Å². The molecule has 0 bridgehead atoms. The van der Waals surface area contributed by atoms with E-state index in [0.717, 1.165) is 19.5 Å². The van der Waals surface area contributed by atoms with E-state index in [0.29, 0.717) is 16.2 Å². The molecular formula is C14H23ClN2O3S. The van der Waals surface area contributed by atoms with Crippen LogP contribution in [-0.4, -0.2) is 34.7 Å². The third-order valence-corrected chi connectivity index (χ3v) is 5.41. The fourth-order valence-corrected chi connectivity index (χ4v) is 4.11. The molecule has 1 saturated heterocycles. The lowest BCUT2D eigenvalue weighted by Gasteiger charge is -2.30. The Hall–Kier alpha value is -0.820. The van der Waals surface area contributed by atoms with Gasteiger partial charge in [0.05, 0.1) is 12.0 Å². The minimum absolute atomic E-state index is 0. The highest BCUT2D eigenvalue weighted by Crippen LogP contribution is 2.22. The summed E-state index contributed by atoms with van der Waals surface area (Å²) >= 11 is 0. The van der Waals surface area contributed by atoms with Crippen LogP contribution in [0.5, 0.6) is 5.75 Å². The lowest BCUT2D eigenvalue weighted by atomic mass is 9.97. The van der Waals surface area contributed by atoms with Crippen molar-refractivity contribution in [3.05, 3.63) is 23.8 Å². The van der Waals surface area contributed by atoms with Gasteiger partial charge in [0.1, 0.15) is 5.75 Å². The van der Waals surface area contributed by atoms with Crippen LogP contribution < -0.4 is 14.8 Å². The van der Waals surface area contributed by atoms with Crippen LogP contribution in [0.25, 0.3) is 0 Å². The number of methoxy groups -OCH3 is 1. The van der Waals surface area contributed by atoms with Gasteiger partial charge in [-0.05, 0) is 56.1 Å². The second kappa shape index (κ2) is 7.45. The third kappa shape index (κ3) is 4.32. The summed E-state index contributed by atoms with van der Waals surface area (Å²) in [6.45, 7) is 5.52. The molecule has 0 aromatic heterocycles. The summed E-state index contributed by atoms with van der Waals surface area (Å²) in [5, 5.41) is 3.27. The fraction of sp³-hybridized carbons (Fsp3) is 0.571. The molecule has 1 aliphatic heterocycles. The van der Waals surface area contributed by atoms with Gasteiger partial charge < -0.3 is 10.1 Å². The SMILES string of the molecule is COc1ccc(S(=O)(=O)NC2CCNCC2C)c(C)c1.Cl. The van der Waals surface area contributed by atoms with Crippen molar-refractivity contribution in [2.75, 3.05) is 20.2 Å². The van der Waals surface area contributed by atoms with Crippen LogP contribution in [0.15, 0.2) is 23.1 Å². The first-order chi connectivity index (χ1) is 9.44. The van der Waals surface area contributed by atoms with Gasteiger partial charge in [0, 0.05) is 6.04 Å². The van der Waals surface area contributed by atoms with Crippen LogP contribution in [0.2, 0.25) is 0 Å². The topological polar surface area (TPSA) is 67.4 Å². The zero-order valence-corrected chi connectivity index (χ0v) is 14.2. The molecule has 1 aromatic carbocycles. The number of hydrogen-bond acceptors (Lipinski definition) is 4. The lowest BCUT2D eigenvalue weighted by molar-refractivity contribution is 0.328. The van der Waals surface area contributed by atoms with Crippen molar-refractivity contribution in [2.24, 2.45) is 5.92 Å². The Morgan fingerprint density at radius 2 is 2.10 bits per heavy atom. The van der Waals surface area contributed by atoms with Crippen LogP contribution in [0.4, 0.5) is 0 Å². The maximum Gasteiger partial charge on any atom is 0.241 e. The van der Waals surface area contributed by atoms with Gasteiger partial charge in [0.15, 0.2) is 0 Å². The maximum atomic E-state index is 12.5. The van der Waals surface area contributed by atoms with Crippen molar-refractivity contribution in [1.82, 2.24) is 10.0 Å². The summed E-state index contributed by atoms with van der Waals surface area (Å²) in [4.78, 5) is 0.323. The molecule has 2 unspecified atom stereocenters. The lowest BCUT2D eigenvalue weighted by Crippen LogP contribution is -2.48. The maximum absolute atomic E-state index is 12.5. The van der Waals surface area contributed by atoms with Crippen molar-refractivity contribution in [1.29, 1.82) is 0 Å². The molecule has 0 saturated carbocycles. The van der Waals surface area contributed by atoms with Crippen LogP contribution >= 0.6 is 12.4 Å². The number of ether oxygens (including phenoxy) is 1. The number of benzene rings is 1. The summed E-state index contributed by atoms with van der Waals surface area (Å²) in [6, 6.07) is 5.00. The first kappa shape index (κ1) is 18.2. The number of nitrogens with one attached hydrogen (secondary N) is 2. The average molecular weight is 335 g/mol. The van der Waals surface area contributed by atoms with Crippen LogP contribution in [0.3, 0.4) is 0 Å². The van der Waals surface area contributed by atoms with Gasteiger partial charge >= 0.3 is 0 Å². The normalized spacial score (nSPS) is 22.4. The van der Waals surface area contributed by atoms with Gasteiger partial charge in [0.25, 0.3) is 0 Å². The van der Waals surface area contributed by atoms with Crippen molar-refractivity contribution in [2.45, 2.75) is 31.2 Å². The van der Waals surface area contributed by atoms with Crippen molar-refractivity contribution >= 4 is 22.4 Å². The standard InChI is InChI=1S/C14H22N2O3S.ClH/c1-10-8-12(19-3)4-5-14(10)20(17,18)16-13-6-7-15-9-11(13)2;/h4-5,8,11,13,15-16H,6-7,9H2,1-3H3;1H. The van der Waals surface area contributed by atoms with E-state index in [4.69, 9.17) is 4.74 Å². The monoisotopic (exact) mass is 334 g/mol. The molecule has 1 fully saturated rings. The summed E-state index contributed by atoms with van der Waals surface area (Å²) in [5.74, 6) is 0.953. The molecule has 1 heterocycles. The van der Waals surface area contributed by atoms with Crippen molar-refractivity contribution in [3.8, 4) is 5.75 Å². The smallest absolute Gasteiger partial charge is 0.241 e. The van der Waals surface area contributed by atoms with Crippen molar-refractivity contribution in [3.63, 3.8) is 0 Å². The van der Waals surface area contributed by atoms with Gasteiger partial charge in [0.2, 0.25) is 10.0 Å². The van der Waals surface area contributed by atoms with E-state index in [1.54, 1.807) is 32.2 Å². The molecule has 21 heavy (non-hydrogen) atoms. The van der Waals surface area contributed by atoms with Gasteiger partial charge in [-0.2, -0.15) is 0 Å². The largest absolute Gasteiger partial charge is 0.497 e. The molecule has 120 valence electrons. The first-order valence-electron chi connectivity index (χ1n) is 6.81. The van der Waals surface area contributed by atoms with E-state index in [-0.39, 0.29) is 24.4 Å². The summed E-state index contributed by atoms with van der Waals surface area (Å²) in [5.41, 5.74) is 0.693. The van der Waals surface area contributed by atoms with Gasteiger partial charge in [-0.25, -0.2) is 13.1 Å². The molecule has 1 aromatic rings. The molecule has 0 aliphatic carbocycles. The molecular weight excluding hydrogens is 312 g/mol. The van der Waals surface area contributed by atoms with E-state index in [1.165, 1.54) is 0 Å². The quantitative estimate of drug-likeness (QED) is 0.879. The third-order valence-electron chi connectivity index (χ3n) is 3.76. The summed E-state index contributed by atoms with van der Waals surface area (Å²) in [7, 11) is -1.91. The zero-order valence-electron chi connectivity index (χ0n) is 12.5. The highest BCUT2D eigenvalue weighted by Gasteiger charge is 2.27.